The van der Waals surface area contributed by atoms with E-state index in [1.165, 1.54) is 12.1 Å². The van der Waals surface area contributed by atoms with Crippen LogP contribution in [0.25, 0.3) is 0 Å². The van der Waals surface area contributed by atoms with E-state index in [4.69, 9.17) is 4.74 Å². The average Bonchev–Trinajstić information content (AvgIpc) is 2.62. The maximum atomic E-state index is 12.6. The minimum absolute atomic E-state index is 0.00160. The molecule has 0 aliphatic rings. The summed E-state index contributed by atoms with van der Waals surface area (Å²) in [5, 5.41) is 2.84. The zero-order valence-electron chi connectivity index (χ0n) is 15.2. The SMILES string of the molecule is CCOc1ccc(S(=O)(=O)Nc2ccccc2C(=O)N[C@@H](C)CC)cc1. The predicted molar refractivity (Wildman–Crippen MR) is 102 cm³/mol. The number of benzene rings is 2. The average molecular weight is 376 g/mol. The van der Waals surface area contributed by atoms with E-state index >= 15 is 0 Å². The van der Waals surface area contributed by atoms with Crippen LogP contribution in [0.2, 0.25) is 0 Å². The van der Waals surface area contributed by atoms with E-state index < -0.39 is 10.0 Å². The van der Waals surface area contributed by atoms with E-state index in [0.29, 0.717) is 12.4 Å². The van der Waals surface area contributed by atoms with Crippen molar-refractivity contribution in [1.29, 1.82) is 0 Å². The standard InChI is InChI=1S/C19H24N2O4S/c1-4-14(3)20-19(22)17-8-6-7-9-18(17)21-26(23,24)16-12-10-15(11-13-16)25-5-2/h6-14,21H,4-5H2,1-3H3,(H,20,22)/t14-/m0/s1. The second-order valence-electron chi connectivity index (χ2n) is 5.84. The molecule has 2 aromatic rings. The monoisotopic (exact) mass is 376 g/mol. The molecule has 6 nitrogen and oxygen atoms in total. The lowest BCUT2D eigenvalue weighted by atomic mass is 10.1. The van der Waals surface area contributed by atoms with Gasteiger partial charge in [-0.2, -0.15) is 0 Å². The van der Waals surface area contributed by atoms with Crippen molar-refractivity contribution >= 4 is 21.6 Å². The largest absolute Gasteiger partial charge is 0.494 e. The van der Waals surface area contributed by atoms with Gasteiger partial charge in [0, 0.05) is 6.04 Å². The summed E-state index contributed by atoms with van der Waals surface area (Å²) in [4.78, 5) is 12.5. The first kappa shape index (κ1) is 19.8. The summed E-state index contributed by atoms with van der Waals surface area (Å²) < 4.78 is 33.1. The molecule has 0 bridgehead atoms. The quantitative estimate of drug-likeness (QED) is 0.739. The van der Waals surface area contributed by atoms with Crippen molar-refractivity contribution in [3.63, 3.8) is 0 Å². The number of nitrogens with one attached hydrogen (secondary N) is 2. The number of ether oxygens (including phenoxy) is 1. The molecule has 7 heteroatoms. The van der Waals surface area contributed by atoms with Gasteiger partial charge in [0.05, 0.1) is 22.8 Å². The number of para-hydroxylation sites is 1. The molecular weight excluding hydrogens is 352 g/mol. The third kappa shape index (κ3) is 4.98. The molecule has 0 radical (unpaired) electrons. The highest BCUT2D eigenvalue weighted by molar-refractivity contribution is 7.92. The summed E-state index contributed by atoms with van der Waals surface area (Å²) in [6.45, 7) is 6.21. The maximum Gasteiger partial charge on any atom is 0.261 e. The van der Waals surface area contributed by atoms with E-state index in [2.05, 4.69) is 10.0 Å². The van der Waals surface area contributed by atoms with Gasteiger partial charge in [-0.05, 0) is 56.7 Å². The van der Waals surface area contributed by atoms with Crippen LogP contribution in [0.1, 0.15) is 37.6 Å². The Hall–Kier alpha value is -2.54. The van der Waals surface area contributed by atoms with Crippen LogP contribution >= 0.6 is 0 Å². The highest BCUT2D eigenvalue weighted by Crippen LogP contribution is 2.22. The summed E-state index contributed by atoms with van der Waals surface area (Å²) in [5.41, 5.74) is 0.518. The molecule has 0 saturated carbocycles. The van der Waals surface area contributed by atoms with Gasteiger partial charge in [-0.1, -0.05) is 19.1 Å². The minimum atomic E-state index is -3.82. The van der Waals surface area contributed by atoms with Gasteiger partial charge in [-0.3, -0.25) is 9.52 Å². The highest BCUT2D eigenvalue weighted by atomic mass is 32.2. The zero-order valence-corrected chi connectivity index (χ0v) is 16.0. The van der Waals surface area contributed by atoms with Crippen molar-refractivity contribution in [3.05, 3.63) is 54.1 Å². The molecule has 1 amide bonds. The van der Waals surface area contributed by atoms with Crippen molar-refractivity contribution in [2.45, 2.75) is 38.1 Å². The van der Waals surface area contributed by atoms with Gasteiger partial charge in [-0.15, -0.1) is 0 Å². The van der Waals surface area contributed by atoms with Crippen molar-refractivity contribution in [3.8, 4) is 5.75 Å². The van der Waals surface area contributed by atoms with Gasteiger partial charge < -0.3 is 10.1 Å². The van der Waals surface area contributed by atoms with Gasteiger partial charge in [0.1, 0.15) is 5.75 Å². The Balaban J connectivity index is 2.25. The molecule has 0 fully saturated rings. The molecule has 2 rings (SSSR count). The van der Waals surface area contributed by atoms with Crippen molar-refractivity contribution in [2.75, 3.05) is 11.3 Å². The molecule has 0 aromatic heterocycles. The zero-order chi connectivity index (χ0) is 19.2. The van der Waals surface area contributed by atoms with Crippen LogP contribution < -0.4 is 14.8 Å². The summed E-state index contributed by atoms with van der Waals surface area (Å²) in [6.07, 6.45) is 0.784. The van der Waals surface area contributed by atoms with E-state index in [9.17, 15) is 13.2 Å². The van der Waals surface area contributed by atoms with Crippen molar-refractivity contribution in [2.24, 2.45) is 0 Å². The van der Waals surface area contributed by atoms with Crippen LogP contribution in [0.15, 0.2) is 53.4 Å². The van der Waals surface area contributed by atoms with Crippen LogP contribution in [0.3, 0.4) is 0 Å². The van der Waals surface area contributed by atoms with E-state index in [1.54, 1.807) is 36.4 Å². The first-order valence-corrected chi connectivity index (χ1v) is 10.0. The third-order valence-corrected chi connectivity index (χ3v) is 5.23. The van der Waals surface area contributed by atoms with Crippen molar-refractivity contribution < 1.29 is 17.9 Å². The maximum absolute atomic E-state index is 12.6. The fourth-order valence-electron chi connectivity index (χ4n) is 2.26. The van der Waals surface area contributed by atoms with E-state index in [0.717, 1.165) is 6.42 Å². The molecule has 0 aliphatic heterocycles. The molecule has 140 valence electrons. The summed E-state index contributed by atoms with van der Waals surface area (Å²) >= 11 is 0. The third-order valence-electron chi connectivity index (χ3n) is 3.85. The molecule has 2 aromatic carbocycles. The Bertz CT molecular complexity index is 848. The fraction of sp³-hybridized carbons (Fsp3) is 0.316. The number of sulfonamides is 1. The van der Waals surface area contributed by atoms with Crippen LogP contribution in [0, 0.1) is 0 Å². The van der Waals surface area contributed by atoms with Crippen LogP contribution in [-0.4, -0.2) is 27.0 Å². The normalized spacial score (nSPS) is 12.3. The van der Waals surface area contributed by atoms with Crippen molar-refractivity contribution in [1.82, 2.24) is 5.32 Å². The molecule has 0 aliphatic carbocycles. The van der Waals surface area contributed by atoms with Gasteiger partial charge in [0.15, 0.2) is 0 Å². The first-order chi connectivity index (χ1) is 12.4. The minimum Gasteiger partial charge on any atom is -0.494 e. The summed E-state index contributed by atoms with van der Waals surface area (Å²) in [6, 6.07) is 12.7. The Labute approximate surface area is 154 Å². The molecule has 1 atom stereocenters. The molecule has 0 unspecified atom stereocenters. The van der Waals surface area contributed by atoms with E-state index in [-0.39, 0.29) is 28.1 Å². The summed E-state index contributed by atoms with van der Waals surface area (Å²) in [7, 11) is -3.82. The number of carbonyl (C=O) groups is 1. The number of anilines is 1. The lowest BCUT2D eigenvalue weighted by Gasteiger charge is -2.15. The number of hydrogen-bond acceptors (Lipinski definition) is 4. The predicted octanol–water partition coefficient (Wildman–Crippen LogP) is 3.41. The fourth-order valence-corrected chi connectivity index (χ4v) is 3.34. The molecule has 2 N–H and O–H groups in total. The number of amides is 1. The smallest absolute Gasteiger partial charge is 0.261 e. The number of hydrogen-bond donors (Lipinski definition) is 2. The van der Waals surface area contributed by atoms with Gasteiger partial charge in [-0.25, -0.2) is 8.42 Å². The number of carbonyl (C=O) groups excluding carboxylic acids is 1. The molecular formula is C19H24N2O4S. The Morgan fingerprint density at radius 3 is 2.35 bits per heavy atom. The molecule has 0 heterocycles. The summed E-state index contributed by atoms with van der Waals surface area (Å²) in [5.74, 6) is 0.282. The van der Waals surface area contributed by atoms with Gasteiger partial charge in [0.25, 0.3) is 15.9 Å². The van der Waals surface area contributed by atoms with E-state index in [1.807, 2.05) is 20.8 Å². The molecule has 26 heavy (non-hydrogen) atoms. The van der Waals surface area contributed by atoms with Gasteiger partial charge >= 0.3 is 0 Å². The van der Waals surface area contributed by atoms with Crippen LogP contribution in [-0.2, 0) is 10.0 Å². The Morgan fingerprint density at radius 2 is 1.73 bits per heavy atom. The first-order valence-electron chi connectivity index (χ1n) is 8.53. The van der Waals surface area contributed by atoms with Crippen LogP contribution in [0.4, 0.5) is 5.69 Å². The lowest BCUT2D eigenvalue weighted by molar-refractivity contribution is 0.0940. The van der Waals surface area contributed by atoms with Crippen LogP contribution in [0.5, 0.6) is 5.75 Å². The van der Waals surface area contributed by atoms with Gasteiger partial charge in [0.2, 0.25) is 0 Å². The Morgan fingerprint density at radius 1 is 1.08 bits per heavy atom. The molecule has 0 saturated heterocycles. The highest BCUT2D eigenvalue weighted by Gasteiger charge is 2.19. The Kier molecular flexibility index (Phi) is 6.63. The molecule has 0 spiro atoms. The topological polar surface area (TPSA) is 84.5 Å². The second-order valence-corrected chi connectivity index (χ2v) is 7.52. The second kappa shape index (κ2) is 8.71. The number of rotatable bonds is 8. The lowest BCUT2D eigenvalue weighted by Crippen LogP contribution is -2.32.